The van der Waals surface area contributed by atoms with Crippen LogP contribution in [0.2, 0.25) is 10.0 Å². The number of aromatic hydroxyl groups is 2. The number of methoxy groups -OCH3 is 2. The number of halogens is 3. The zero-order chi connectivity index (χ0) is 38.2. The van der Waals surface area contributed by atoms with Gasteiger partial charge >= 0.3 is 7.69 Å². The quantitative estimate of drug-likeness (QED) is 0.102. The molecular formula is C36H37BBrCl2N6O8. The molecule has 0 unspecified atom stereocenters. The van der Waals surface area contributed by atoms with Crippen LogP contribution in [-0.2, 0) is 0 Å². The average Bonchev–Trinajstić information content (AvgIpc) is 3.80. The average molecular weight is 843 g/mol. The highest BCUT2D eigenvalue weighted by atomic mass is 79.9. The molecule has 4 aromatic heterocycles. The molecule has 6 aromatic rings. The molecule has 18 heteroatoms. The van der Waals surface area contributed by atoms with Crippen molar-refractivity contribution < 1.29 is 38.8 Å². The molecule has 283 valence electrons. The topological polar surface area (TPSA) is 166 Å². The Morgan fingerprint density at radius 1 is 0.741 bits per heavy atom. The summed E-state index contributed by atoms with van der Waals surface area (Å²) in [6.07, 6.45) is 11.0. The monoisotopic (exact) mass is 841 g/mol. The van der Waals surface area contributed by atoms with Crippen molar-refractivity contribution in [3.05, 3.63) is 88.4 Å². The summed E-state index contributed by atoms with van der Waals surface area (Å²) in [5.74, 6) is 3.41. The summed E-state index contributed by atoms with van der Waals surface area (Å²) in [6, 6.07) is 10.2. The normalized spacial score (nSPS) is 13.8. The summed E-state index contributed by atoms with van der Waals surface area (Å²) in [4.78, 5) is 8.32. The van der Waals surface area contributed by atoms with Gasteiger partial charge in [-0.25, -0.2) is 9.97 Å². The molecule has 2 saturated heterocycles. The van der Waals surface area contributed by atoms with Gasteiger partial charge in [-0.1, -0.05) is 23.2 Å². The number of hydrogen-bond donors (Lipinski definition) is 5. The summed E-state index contributed by atoms with van der Waals surface area (Å²) >= 11 is 15.2. The highest BCUT2D eigenvalue weighted by Crippen LogP contribution is 2.40. The Labute approximate surface area is 330 Å². The first-order chi connectivity index (χ1) is 26.2. The van der Waals surface area contributed by atoms with E-state index < -0.39 is 0 Å². The molecule has 2 aromatic carbocycles. The molecule has 6 heterocycles. The summed E-state index contributed by atoms with van der Waals surface area (Å²) in [6.45, 7) is 5.52. The maximum atomic E-state index is 9.94. The van der Waals surface area contributed by atoms with Crippen molar-refractivity contribution in [3.63, 3.8) is 0 Å². The minimum atomic E-state index is -0.158. The van der Waals surface area contributed by atoms with Crippen LogP contribution in [0.3, 0.4) is 0 Å². The number of imidazole rings is 2. The number of benzene rings is 2. The van der Waals surface area contributed by atoms with Crippen molar-refractivity contribution in [2.24, 2.45) is 11.8 Å². The third kappa shape index (κ3) is 9.37. The van der Waals surface area contributed by atoms with Gasteiger partial charge in [-0.15, -0.1) is 0 Å². The number of rotatable bonds is 11. The van der Waals surface area contributed by atoms with E-state index in [4.69, 9.17) is 47.2 Å². The molecular weight excluding hydrogens is 806 g/mol. The molecule has 8 rings (SSSR count). The van der Waals surface area contributed by atoms with E-state index in [9.17, 15) is 10.2 Å². The van der Waals surface area contributed by atoms with Gasteiger partial charge in [0.2, 0.25) is 0 Å². The Morgan fingerprint density at radius 3 is 1.80 bits per heavy atom. The Hall–Kier alpha value is -4.58. The number of pyridine rings is 2. The van der Waals surface area contributed by atoms with Crippen molar-refractivity contribution in [2.75, 3.05) is 53.6 Å². The maximum Gasteiger partial charge on any atom is 0.569 e. The van der Waals surface area contributed by atoms with Crippen molar-refractivity contribution in [1.82, 2.24) is 29.4 Å². The maximum absolute atomic E-state index is 9.94. The minimum Gasteiger partial charge on any atom is -0.537 e. The van der Waals surface area contributed by atoms with Gasteiger partial charge in [0.15, 0.2) is 23.0 Å². The van der Waals surface area contributed by atoms with Gasteiger partial charge in [0, 0.05) is 72.6 Å². The fourth-order valence-corrected chi connectivity index (χ4v) is 6.28. The van der Waals surface area contributed by atoms with E-state index in [1.54, 1.807) is 31.0 Å². The van der Waals surface area contributed by atoms with Crippen LogP contribution in [0.5, 0.6) is 40.2 Å². The number of aromatic nitrogens is 4. The van der Waals surface area contributed by atoms with Crippen LogP contribution >= 0.6 is 39.1 Å². The van der Waals surface area contributed by atoms with E-state index in [1.165, 1.54) is 26.4 Å². The standard InChI is InChI=1S/C18H18ClN3O3.C11H12BrN3O.C7H7BClO4/c1-24-17-3-12(2-14(19)18(17)23)13-4-16(25-9-11-5-20-6-11)15-7-21-10-22(15)8-13;12-9-1-11(16-6-8-2-13-3-8)10-4-14-7-15(10)5-9;1-12-6-3-4(13-8-11)2-5(9)7(6)10/h2-4,7-8,10-11,20,23H,5-6,9H2,1H3;1,4-5,7-8,13H,2-3,6H2;2-3,10-11H,1H3. The number of nitrogens with zero attached hydrogens (tertiary/aromatic N) is 4. The Kier molecular flexibility index (Phi) is 13.2. The Balaban J connectivity index is 0.000000148. The molecule has 0 aliphatic carbocycles. The van der Waals surface area contributed by atoms with Gasteiger partial charge in [0.25, 0.3) is 0 Å². The van der Waals surface area contributed by atoms with E-state index in [0.717, 1.165) is 70.9 Å². The largest absolute Gasteiger partial charge is 0.569 e. The molecule has 0 spiro atoms. The summed E-state index contributed by atoms with van der Waals surface area (Å²) in [5, 5.41) is 34.4. The zero-order valence-electron chi connectivity index (χ0n) is 29.2. The number of hydrogen-bond acceptors (Lipinski definition) is 12. The third-order valence-electron chi connectivity index (χ3n) is 8.61. The molecule has 14 nitrogen and oxygen atoms in total. The van der Waals surface area contributed by atoms with Crippen molar-refractivity contribution in [1.29, 1.82) is 0 Å². The fourth-order valence-electron chi connectivity index (χ4n) is 5.44. The third-order valence-corrected chi connectivity index (χ3v) is 9.62. The van der Waals surface area contributed by atoms with E-state index in [0.29, 0.717) is 31.9 Å². The lowest BCUT2D eigenvalue weighted by Crippen LogP contribution is -2.45. The van der Waals surface area contributed by atoms with Crippen LogP contribution in [0.25, 0.3) is 22.2 Å². The molecule has 1 radical (unpaired) electrons. The summed E-state index contributed by atoms with van der Waals surface area (Å²) in [5.41, 5.74) is 3.64. The first kappa shape index (κ1) is 39.1. The van der Waals surface area contributed by atoms with Crippen LogP contribution in [0.1, 0.15) is 0 Å². The number of phenolic OH excluding ortho intramolecular Hbond substituents is 2. The highest BCUT2D eigenvalue weighted by Gasteiger charge is 2.20. The lowest BCUT2D eigenvalue weighted by molar-refractivity contribution is 0.200. The number of ether oxygens (including phenoxy) is 4. The molecule has 5 N–H and O–H groups in total. The molecule has 2 fully saturated rings. The van der Waals surface area contributed by atoms with Crippen LogP contribution in [0.15, 0.2) is 78.3 Å². The van der Waals surface area contributed by atoms with E-state index >= 15 is 0 Å². The summed E-state index contributed by atoms with van der Waals surface area (Å²) in [7, 11) is 3.40. The number of phenols is 2. The lowest BCUT2D eigenvalue weighted by atomic mass is 10.1. The van der Waals surface area contributed by atoms with Gasteiger partial charge < -0.3 is 58.3 Å². The van der Waals surface area contributed by atoms with Crippen LogP contribution in [-0.4, -0.2) is 95.3 Å². The van der Waals surface area contributed by atoms with Crippen LogP contribution < -0.4 is 34.2 Å². The van der Waals surface area contributed by atoms with Crippen LogP contribution in [0.4, 0.5) is 0 Å². The Bertz CT molecular complexity index is 2200. The zero-order valence-corrected chi connectivity index (χ0v) is 32.3. The lowest BCUT2D eigenvalue weighted by Gasteiger charge is -2.27. The highest BCUT2D eigenvalue weighted by molar-refractivity contribution is 9.10. The molecule has 2 aliphatic rings. The van der Waals surface area contributed by atoms with Crippen LogP contribution in [0, 0.1) is 11.8 Å². The smallest absolute Gasteiger partial charge is 0.537 e. The van der Waals surface area contributed by atoms with Gasteiger partial charge in [-0.2, -0.15) is 0 Å². The predicted octanol–water partition coefficient (Wildman–Crippen LogP) is 5.62. The van der Waals surface area contributed by atoms with Gasteiger partial charge in [0.1, 0.15) is 28.3 Å². The Morgan fingerprint density at radius 2 is 1.26 bits per heavy atom. The van der Waals surface area contributed by atoms with E-state index in [-0.39, 0.29) is 33.0 Å². The molecule has 0 saturated carbocycles. The summed E-state index contributed by atoms with van der Waals surface area (Å²) < 4.78 is 31.4. The second-order valence-corrected chi connectivity index (χ2v) is 14.1. The molecule has 0 amide bonds. The van der Waals surface area contributed by atoms with Gasteiger partial charge in [-0.3, -0.25) is 0 Å². The van der Waals surface area contributed by atoms with Crippen molar-refractivity contribution >= 4 is 57.9 Å². The minimum absolute atomic E-state index is 0.0643. The molecule has 2 aliphatic heterocycles. The fraction of sp³-hybridized carbons (Fsp3) is 0.278. The van der Waals surface area contributed by atoms with Crippen molar-refractivity contribution in [2.45, 2.75) is 0 Å². The second-order valence-electron chi connectivity index (χ2n) is 12.3. The van der Waals surface area contributed by atoms with E-state index in [2.05, 4.69) is 41.2 Å². The van der Waals surface area contributed by atoms with Gasteiger partial charge in [-0.05, 0) is 45.8 Å². The van der Waals surface area contributed by atoms with Gasteiger partial charge in [0.05, 0.1) is 62.5 Å². The van der Waals surface area contributed by atoms with E-state index in [1.807, 2.05) is 39.5 Å². The molecule has 54 heavy (non-hydrogen) atoms. The van der Waals surface area contributed by atoms with Crippen molar-refractivity contribution in [3.8, 4) is 51.4 Å². The molecule has 0 bridgehead atoms. The number of nitrogens with one attached hydrogen (secondary N) is 2. The molecule has 0 atom stereocenters. The SMILES string of the molecule is Brc1cc(OCC2CNC2)c2cncn2c1.COc1cc(-c2cc(OCC3CNC3)c3cncn3c2)cc(Cl)c1O.COc1cc(O[B]O)cc(Cl)c1O. The first-order valence-corrected chi connectivity index (χ1v) is 18.2. The second kappa shape index (κ2) is 18.2. The first-order valence-electron chi connectivity index (χ1n) is 16.7. The predicted molar refractivity (Wildman–Crippen MR) is 209 cm³/mol. The number of fused-ring (bicyclic) bond motifs is 2.